The van der Waals surface area contributed by atoms with Crippen LogP contribution in [0.15, 0.2) is 18.2 Å². The van der Waals surface area contributed by atoms with Crippen molar-refractivity contribution in [3.8, 4) is 0 Å². The molecule has 0 saturated carbocycles. The first-order valence-corrected chi connectivity index (χ1v) is 6.88. The lowest BCUT2D eigenvalue weighted by molar-refractivity contribution is 0.0146. The van der Waals surface area contributed by atoms with Crippen LogP contribution >= 0.6 is 0 Å². The van der Waals surface area contributed by atoms with Crippen LogP contribution in [0.1, 0.15) is 35.7 Å². The molecule has 1 heterocycles. The predicted molar refractivity (Wildman–Crippen MR) is 76.1 cm³/mol. The largest absolute Gasteiger partial charge is 0.398 e. The molecular formula is C15H22N2O2. The number of nitrogen functional groups attached to an aromatic ring is 1. The van der Waals surface area contributed by atoms with Crippen LogP contribution in [0.2, 0.25) is 0 Å². The Balaban J connectivity index is 1.99. The summed E-state index contributed by atoms with van der Waals surface area (Å²) in [5.41, 5.74) is 8.22. The molecule has 4 heteroatoms. The Hall–Kier alpha value is -1.55. The Morgan fingerprint density at radius 3 is 2.68 bits per heavy atom. The van der Waals surface area contributed by atoms with Crippen molar-refractivity contribution in [2.24, 2.45) is 0 Å². The Kier molecular flexibility index (Phi) is 4.43. The first-order chi connectivity index (χ1) is 9.11. The van der Waals surface area contributed by atoms with Gasteiger partial charge in [0.1, 0.15) is 0 Å². The van der Waals surface area contributed by atoms with Gasteiger partial charge in [0.15, 0.2) is 0 Å². The Morgan fingerprint density at radius 2 is 2.11 bits per heavy atom. The summed E-state index contributed by atoms with van der Waals surface area (Å²) in [6.45, 7) is 6.21. The van der Waals surface area contributed by atoms with Crippen molar-refractivity contribution in [2.45, 2.75) is 32.8 Å². The van der Waals surface area contributed by atoms with Crippen molar-refractivity contribution in [3.05, 3.63) is 29.3 Å². The van der Waals surface area contributed by atoms with Gasteiger partial charge in [0, 0.05) is 30.9 Å². The van der Waals surface area contributed by atoms with E-state index in [-0.39, 0.29) is 5.91 Å². The van der Waals surface area contributed by atoms with Gasteiger partial charge >= 0.3 is 0 Å². The first kappa shape index (κ1) is 13.9. The van der Waals surface area contributed by atoms with Gasteiger partial charge in [-0.05, 0) is 44.4 Å². The molecule has 1 saturated heterocycles. The van der Waals surface area contributed by atoms with Crippen molar-refractivity contribution >= 4 is 11.6 Å². The van der Waals surface area contributed by atoms with Crippen LogP contribution in [0.3, 0.4) is 0 Å². The van der Waals surface area contributed by atoms with E-state index in [4.69, 9.17) is 10.5 Å². The summed E-state index contributed by atoms with van der Waals surface area (Å²) in [6, 6.07) is 5.52. The van der Waals surface area contributed by atoms with Crippen LogP contribution < -0.4 is 5.73 Å². The van der Waals surface area contributed by atoms with E-state index in [9.17, 15) is 4.79 Å². The number of nitrogens with zero attached hydrogens (tertiary/aromatic N) is 1. The van der Waals surface area contributed by atoms with E-state index in [0.717, 1.165) is 38.1 Å². The fourth-order valence-electron chi connectivity index (χ4n) is 2.42. The minimum absolute atomic E-state index is 0.0710. The number of hydrogen-bond donors (Lipinski definition) is 1. The number of piperidine rings is 1. The molecule has 0 unspecified atom stereocenters. The standard InChI is InChI=1S/C15H22N2O2/c1-3-19-13-6-8-17(9-7-13)15(18)12-5-4-11(2)14(16)10-12/h4-5,10,13H,3,6-9,16H2,1-2H3. The molecule has 4 nitrogen and oxygen atoms in total. The van der Waals surface area contributed by atoms with Crippen molar-refractivity contribution in [1.29, 1.82) is 0 Å². The summed E-state index contributed by atoms with van der Waals surface area (Å²) in [5.74, 6) is 0.0710. The zero-order valence-corrected chi connectivity index (χ0v) is 11.7. The topological polar surface area (TPSA) is 55.6 Å². The molecule has 0 atom stereocenters. The zero-order valence-electron chi connectivity index (χ0n) is 11.7. The molecule has 0 spiro atoms. The van der Waals surface area contributed by atoms with Gasteiger partial charge < -0.3 is 15.4 Å². The number of hydrogen-bond acceptors (Lipinski definition) is 3. The second-order valence-electron chi connectivity index (χ2n) is 5.02. The lowest BCUT2D eigenvalue weighted by Crippen LogP contribution is -2.40. The first-order valence-electron chi connectivity index (χ1n) is 6.88. The molecule has 1 fully saturated rings. The summed E-state index contributed by atoms with van der Waals surface area (Å²) in [7, 11) is 0. The second kappa shape index (κ2) is 6.06. The number of anilines is 1. The average Bonchev–Trinajstić information content (AvgIpc) is 2.42. The minimum atomic E-state index is 0.0710. The predicted octanol–water partition coefficient (Wildman–Crippen LogP) is 2.22. The number of carbonyl (C=O) groups is 1. The van der Waals surface area contributed by atoms with E-state index in [1.165, 1.54) is 0 Å². The smallest absolute Gasteiger partial charge is 0.253 e. The minimum Gasteiger partial charge on any atom is -0.398 e. The number of aryl methyl sites for hydroxylation is 1. The molecule has 0 radical (unpaired) electrons. The van der Waals surface area contributed by atoms with E-state index < -0.39 is 0 Å². The molecule has 104 valence electrons. The number of amides is 1. The van der Waals surface area contributed by atoms with E-state index in [1.807, 2.05) is 30.9 Å². The lowest BCUT2D eigenvalue weighted by Gasteiger charge is -2.31. The number of carbonyl (C=O) groups excluding carboxylic acids is 1. The summed E-state index contributed by atoms with van der Waals surface area (Å²) in [5, 5.41) is 0. The van der Waals surface area contributed by atoms with Crippen LogP contribution in [0.5, 0.6) is 0 Å². The monoisotopic (exact) mass is 262 g/mol. The van der Waals surface area contributed by atoms with Gasteiger partial charge in [-0.25, -0.2) is 0 Å². The number of likely N-dealkylation sites (tertiary alicyclic amines) is 1. The third kappa shape index (κ3) is 3.26. The fraction of sp³-hybridized carbons (Fsp3) is 0.533. The molecule has 0 bridgehead atoms. The zero-order chi connectivity index (χ0) is 13.8. The van der Waals surface area contributed by atoms with Gasteiger partial charge in [-0.3, -0.25) is 4.79 Å². The molecule has 19 heavy (non-hydrogen) atoms. The van der Waals surface area contributed by atoms with E-state index in [2.05, 4.69) is 0 Å². The molecule has 1 aliphatic rings. The highest BCUT2D eigenvalue weighted by atomic mass is 16.5. The Labute approximate surface area is 114 Å². The fourth-order valence-corrected chi connectivity index (χ4v) is 2.42. The molecule has 1 amide bonds. The number of rotatable bonds is 3. The molecule has 1 aromatic rings. The van der Waals surface area contributed by atoms with Crippen molar-refractivity contribution in [2.75, 3.05) is 25.4 Å². The summed E-state index contributed by atoms with van der Waals surface area (Å²) >= 11 is 0. The normalized spacial score (nSPS) is 16.6. The van der Waals surface area contributed by atoms with Crippen LogP contribution in [0.4, 0.5) is 5.69 Å². The maximum absolute atomic E-state index is 12.4. The van der Waals surface area contributed by atoms with E-state index in [0.29, 0.717) is 17.4 Å². The highest BCUT2D eigenvalue weighted by molar-refractivity contribution is 5.95. The van der Waals surface area contributed by atoms with Crippen LogP contribution in [-0.2, 0) is 4.74 Å². The summed E-state index contributed by atoms with van der Waals surface area (Å²) < 4.78 is 5.59. The van der Waals surface area contributed by atoms with Crippen LogP contribution in [-0.4, -0.2) is 36.6 Å². The number of ether oxygens (including phenoxy) is 1. The average molecular weight is 262 g/mol. The lowest BCUT2D eigenvalue weighted by atomic mass is 10.0. The quantitative estimate of drug-likeness (QED) is 0.850. The maximum Gasteiger partial charge on any atom is 0.253 e. The second-order valence-corrected chi connectivity index (χ2v) is 5.02. The Morgan fingerprint density at radius 1 is 1.42 bits per heavy atom. The number of nitrogens with two attached hydrogens (primary N) is 1. The van der Waals surface area contributed by atoms with E-state index in [1.54, 1.807) is 6.07 Å². The number of benzene rings is 1. The SMILES string of the molecule is CCOC1CCN(C(=O)c2ccc(C)c(N)c2)CC1. The molecule has 0 aromatic heterocycles. The molecule has 2 N–H and O–H groups in total. The third-order valence-corrected chi connectivity index (χ3v) is 3.66. The van der Waals surface area contributed by atoms with Crippen molar-refractivity contribution < 1.29 is 9.53 Å². The van der Waals surface area contributed by atoms with Gasteiger partial charge in [0.2, 0.25) is 0 Å². The van der Waals surface area contributed by atoms with Gasteiger partial charge in [-0.2, -0.15) is 0 Å². The third-order valence-electron chi connectivity index (χ3n) is 3.66. The molecule has 1 aromatic carbocycles. The van der Waals surface area contributed by atoms with Gasteiger partial charge in [-0.15, -0.1) is 0 Å². The van der Waals surface area contributed by atoms with Gasteiger partial charge in [0.25, 0.3) is 5.91 Å². The molecule has 1 aliphatic heterocycles. The maximum atomic E-state index is 12.4. The van der Waals surface area contributed by atoms with Crippen molar-refractivity contribution in [1.82, 2.24) is 4.90 Å². The highest BCUT2D eigenvalue weighted by Crippen LogP contribution is 2.19. The van der Waals surface area contributed by atoms with Crippen molar-refractivity contribution in [3.63, 3.8) is 0 Å². The van der Waals surface area contributed by atoms with Crippen LogP contribution in [0.25, 0.3) is 0 Å². The summed E-state index contributed by atoms with van der Waals surface area (Å²) in [4.78, 5) is 14.2. The van der Waals surface area contributed by atoms with E-state index >= 15 is 0 Å². The molecular weight excluding hydrogens is 240 g/mol. The Bertz CT molecular complexity index is 451. The van der Waals surface area contributed by atoms with Gasteiger partial charge in [0.05, 0.1) is 6.10 Å². The molecule has 2 rings (SSSR count). The van der Waals surface area contributed by atoms with Gasteiger partial charge in [-0.1, -0.05) is 6.07 Å². The highest BCUT2D eigenvalue weighted by Gasteiger charge is 2.23. The van der Waals surface area contributed by atoms with Crippen LogP contribution in [0, 0.1) is 6.92 Å². The molecule has 0 aliphatic carbocycles. The summed E-state index contributed by atoms with van der Waals surface area (Å²) in [6.07, 6.45) is 2.14.